The van der Waals surface area contributed by atoms with Crippen LogP contribution >= 0.6 is 0 Å². The fourth-order valence-electron chi connectivity index (χ4n) is 4.80. The van der Waals surface area contributed by atoms with Crippen LogP contribution in [0.3, 0.4) is 0 Å². The van der Waals surface area contributed by atoms with Gasteiger partial charge in [0.25, 0.3) is 5.56 Å². The molecule has 1 aromatic carbocycles. The van der Waals surface area contributed by atoms with Gasteiger partial charge in [0.1, 0.15) is 5.82 Å². The van der Waals surface area contributed by atoms with Gasteiger partial charge in [0.05, 0.1) is 24.9 Å². The van der Waals surface area contributed by atoms with Crippen molar-refractivity contribution in [2.24, 2.45) is 4.99 Å². The number of hydrogen-bond donors (Lipinski definition) is 0. The quantitative estimate of drug-likeness (QED) is 0.581. The summed E-state index contributed by atoms with van der Waals surface area (Å²) in [4.78, 5) is 45.4. The Balaban J connectivity index is 1.22. The number of aliphatic imine (C=N–C) groups is 1. The molecule has 0 saturated heterocycles. The second kappa shape index (κ2) is 9.01. The fourth-order valence-corrected chi connectivity index (χ4v) is 4.80. The number of ether oxygens (including phenoxy) is 2. The van der Waals surface area contributed by atoms with Crippen molar-refractivity contribution in [1.82, 2.24) is 14.0 Å². The molecule has 6 rings (SSSR count). The summed E-state index contributed by atoms with van der Waals surface area (Å²) >= 11 is 0. The Hall–Kier alpha value is -3.80. The number of methoxy groups -OCH3 is 1. The highest BCUT2D eigenvalue weighted by atomic mass is 16.6. The summed E-state index contributed by atoms with van der Waals surface area (Å²) in [5, 5.41) is 0. The standard InChI is InChI=1S/C27H28N4O5/c1-35-22-9-2-3-10-23(22)36-27(34)29(18-7-4-8-18)15-5-6-17-16-21-24(28-17)30(19-11-12-19)26(33)31(25(21)32)20-13-14-20/h2-3,9-10,18-20H,4,7-8,11-16H2,1H3. The Bertz CT molecular complexity index is 1430. The van der Waals surface area contributed by atoms with Gasteiger partial charge in [0.15, 0.2) is 11.5 Å². The molecule has 3 fully saturated rings. The summed E-state index contributed by atoms with van der Waals surface area (Å²) in [5.41, 5.74) is 0.642. The van der Waals surface area contributed by atoms with Crippen LogP contribution in [-0.4, -0.2) is 45.5 Å². The lowest BCUT2D eigenvalue weighted by atomic mass is 9.92. The van der Waals surface area contributed by atoms with Gasteiger partial charge in [0.2, 0.25) is 0 Å². The van der Waals surface area contributed by atoms with Crippen LogP contribution in [0.1, 0.15) is 62.6 Å². The van der Waals surface area contributed by atoms with Gasteiger partial charge in [-0.05, 0) is 63.0 Å². The molecule has 2 heterocycles. The van der Waals surface area contributed by atoms with Crippen molar-refractivity contribution in [3.63, 3.8) is 0 Å². The first-order valence-electron chi connectivity index (χ1n) is 12.6. The summed E-state index contributed by atoms with van der Waals surface area (Å²) in [5.74, 6) is 7.46. The third-order valence-corrected chi connectivity index (χ3v) is 7.29. The van der Waals surface area contributed by atoms with Crippen LogP contribution in [0.2, 0.25) is 0 Å². The van der Waals surface area contributed by atoms with Crippen LogP contribution < -0.4 is 20.7 Å². The van der Waals surface area contributed by atoms with E-state index in [9.17, 15) is 14.4 Å². The molecule has 0 N–H and O–H groups in total. The number of para-hydroxylation sites is 2. The van der Waals surface area contributed by atoms with E-state index in [4.69, 9.17) is 9.47 Å². The van der Waals surface area contributed by atoms with Gasteiger partial charge in [0, 0.05) is 24.5 Å². The molecule has 3 saturated carbocycles. The molecule has 9 heteroatoms. The summed E-state index contributed by atoms with van der Waals surface area (Å²) in [6.45, 7) is 0.190. The maximum Gasteiger partial charge on any atom is 0.416 e. The average Bonchev–Trinajstić information content (AvgIpc) is 3.77. The maximum atomic E-state index is 13.1. The van der Waals surface area contributed by atoms with Crippen molar-refractivity contribution in [2.45, 2.75) is 69.5 Å². The maximum absolute atomic E-state index is 13.1. The number of nitrogens with zero attached hydrogens (tertiary/aromatic N) is 4. The lowest BCUT2D eigenvalue weighted by Gasteiger charge is -2.35. The van der Waals surface area contributed by atoms with Gasteiger partial charge in [-0.2, -0.15) is 0 Å². The van der Waals surface area contributed by atoms with Crippen molar-refractivity contribution in [3.8, 4) is 23.3 Å². The minimum absolute atomic E-state index is 0.0146. The molecule has 2 aromatic rings. The van der Waals surface area contributed by atoms with Crippen LogP contribution in [0.25, 0.3) is 0 Å². The minimum atomic E-state index is -0.468. The molecule has 9 nitrogen and oxygen atoms in total. The monoisotopic (exact) mass is 488 g/mol. The number of amides is 1. The molecular weight excluding hydrogens is 460 g/mol. The molecule has 186 valence electrons. The van der Waals surface area contributed by atoms with E-state index in [1.54, 1.807) is 27.7 Å². The first kappa shape index (κ1) is 22.7. The smallest absolute Gasteiger partial charge is 0.416 e. The first-order valence-corrected chi connectivity index (χ1v) is 12.6. The molecule has 3 aliphatic carbocycles. The molecule has 0 spiro atoms. The zero-order valence-electron chi connectivity index (χ0n) is 20.2. The second-order valence-corrected chi connectivity index (χ2v) is 9.86. The largest absolute Gasteiger partial charge is 0.493 e. The van der Waals surface area contributed by atoms with Crippen LogP contribution in [-0.2, 0) is 6.42 Å². The van der Waals surface area contributed by atoms with Gasteiger partial charge in [-0.3, -0.25) is 18.8 Å². The fraction of sp³-hybridized carbons (Fsp3) is 0.481. The molecule has 4 aliphatic rings. The van der Waals surface area contributed by atoms with E-state index in [1.807, 2.05) is 6.07 Å². The number of benzene rings is 1. The van der Waals surface area contributed by atoms with E-state index in [1.165, 1.54) is 11.7 Å². The van der Waals surface area contributed by atoms with Gasteiger partial charge in [-0.15, -0.1) is 0 Å². The molecule has 1 amide bonds. The Morgan fingerprint density at radius 3 is 2.39 bits per heavy atom. The molecule has 0 bridgehead atoms. The van der Waals surface area contributed by atoms with Gasteiger partial charge >= 0.3 is 11.8 Å². The predicted octanol–water partition coefficient (Wildman–Crippen LogP) is 3.37. The minimum Gasteiger partial charge on any atom is -0.493 e. The lowest BCUT2D eigenvalue weighted by molar-refractivity contribution is 0.111. The first-order chi connectivity index (χ1) is 17.5. The second-order valence-electron chi connectivity index (χ2n) is 9.86. The predicted molar refractivity (Wildman–Crippen MR) is 133 cm³/mol. The van der Waals surface area contributed by atoms with Crippen molar-refractivity contribution >= 4 is 17.6 Å². The summed E-state index contributed by atoms with van der Waals surface area (Å²) in [6.07, 6.45) is 6.31. The van der Waals surface area contributed by atoms with Gasteiger partial charge < -0.3 is 9.47 Å². The van der Waals surface area contributed by atoms with Crippen molar-refractivity contribution in [2.75, 3.05) is 13.7 Å². The summed E-state index contributed by atoms with van der Waals surface area (Å²) < 4.78 is 14.1. The van der Waals surface area contributed by atoms with E-state index in [-0.39, 0.29) is 35.9 Å². The van der Waals surface area contributed by atoms with E-state index in [2.05, 4.69) is 16.8 Å². The van der Waals surface area contributed by atoms with Gasteiger partial charge in [-0.25, -0.2) is 14.6 Å². The Morgan fingerprint density at radius 2 is 1.75 bits per heavy atom. The lowest BCUT2D eigenvalue weighted by Crippen LogP contribution is -2.45. The highest BCUT2D eigenvalue weighted by Crippen LogP contribution is 2.40. The number of aromatic nitrogens is 2. The number of carbonyl (C=O) groups is 1. The van der Waals surface area contributed by atoms with Crippen LogP contribution in [0.15, 0.2) is 38.8 Å². The molecule has 36 heavy (non-hydrogen) atoms. The number of carbonyl (C=O) groups excluding carboxylic acids is 1. The molecule has 0 atom stereocenters. The third kappa shape index (κ3) is 4.11. The van der Waals surface area contributed by atoms with Crippen LogP contribution in [0.4, 0.5) is 10.6 Å². The molecule has 0 unspecified atom stereocenters. The topological polar surface area (TPSA) is 95.1 Å². The van der Waals surface area contributed by atoms with Crippen molar-refractivity contribution in [1.29, 1.82) is 0 Å². The Kier molecular flexibility index (Phi) is 5.67. The third-order valence-electron chi connectivity index (χ3n) is 7.29. The number of fused-ring (bicyclic) bond motifs is 1. The van der Waals surface area contributed by atoms with E-state index in [0.29, 0.717) is 35.0 Å². The van der Waals surface area contributed by atoms with Gasteiger partial charge in [-0.1, -0.05) is 18.1 Å². The van der Waals surface area contributed by atoms with E-state index >= 15 is 0 Å². The number of hydrogen-bond acceptors (Lipinski definition) is 6. The zero-order chi connectivity index (χ0) is 24.8. The van der Waals surface area contributed by atoms with Crippen LogP contribution in [0, 0.1) is 11.8 Å². The zero-order valence-corrected chi connectivity index (χ0v) is 20.2. The Labute approximate surface area is 208 Å². The van der Waals surface area contributed by atoms with Crippen molar-refractivity contribution in [3.05, 3.63) is 50.7 Å². The summed E-state index contributed by atoms with van der Waals surface area (Å²) in [6, 6.07) is 7.24. The highest BCUT2D eigenvalue weighted by molar-refractivity contribution is 6.06. The van der Waals surface area contributed by atoms with Crippen LogP contribution in [0.5, 0.6) is 11.5 Å². The normalized spacial score (nSPS) is 18.4. The molecule has 1 aliphatic heterocycles. The van der Waals surface area contributed by atoms with E-state index < -0.39 is 6.09 Å². The summed E-state index contributed by atoms with van der Waals surface area (Å²) in [7, 11) is 1.53. The Morgan fingerprint density at radius 1 is 1.06 bits per heavy atom. The van der Waals surface area contributed by atoms with E-state index in [0.717, 1.165) is 44.9 Å². The SMILES string of the molecule is COc1ccccc1OC(=O)N(CC#CC1=Nc2c(c(=O)n(C3CC3)c(=O)n2C2CC2)C1)C1CCC1. The van der Waals surface area contributed by atoms with Crippen molar-refractivity contribution < 1.29 is 14.3 Å². The highest BCUT2D eigenvalue weighted by Gasteiger charge is 2.37. The molecular formula is C27H28N4O5. The molecule has 1 aromatic heterocycles. The average molecular weight is 489 g/mol. The molecule has 0 radical (unpaired) electrons. The number of rotatable bonds is 6.